The topological polar surface area (TPSA) is 68.8 Å². The maximum atomic E-state index is 13.5. The number of hydrogen-bond acceptors (Lipinski definition) is 5. The molecule has 0 saturated carbocycles. The van der Waals surface area contributed by atoms with Crippen LogP contribution in [0.1, 0.15) is 12.0 Å². The van der Waals surface area contributed by atoms with E-state index in [-0.39, 0.29) is 18.1 Å². The van der Waals surface area contributed by atoms with Crippen molar-refractivity contribution in [2.75, 3.05) is 33.2 Å². The Labute approximate surface area is 152 Å². The Morgan fingerprint density at radius 1 is 1.04 bits per heavy atom. The van der Waals surface area contributed by atoms with Crippen LogP contribution in [0.5, 0.6) is 17.2 Å². The third-order valence-electron chi connectivity index (χ3n) is 3.75. The maximum absolute atomic E-state index is 13.5. The third kappa shape index (κ3) is 5.10. The molecule has 26 heavy (non-hydrogen) atoms. The minimum atomic E-state index is -0.262. The number of ether oxygens (including phenoxy) is 3. The normalized spacial score (nSPS) is 10.3. The van der Waals surface area contributed by atoms with Crippen molar-refractivity contribution >= 4 is 11.6 Å². The Hall–Kier alpha value is -2.80. The van der Waals surface area contributed by atoms with Crippen molar-refractivity contribution in [2.24, 2.45) is 0 Å². The number of methoxy groups -OCH3 is 3. The zero-order valence-electron chi connectivity index (χ0n) is 15.1. The number of carbonyl (C=O) groups excluding carboxylic acids is 1. The van der Waals surface area contributed by atoms with Gasteiger partial charge in [0.25, 0.3) is 0 Å². The van der Waals surface area contributed by atoms with Crippen molar-refractivity contribution < 1.29 is 23.4 Å². The van der Waals surface area contributed by atoms with Crippen LogP contribution in [0.3, 0.4) is 0 Å². The van der Waals surface area contributed by atoms with Crippen molar-refractivity contribution in [3.63, 3.8) is 0 Å². The fraction of sp³-hybridized carbons (Fsp3) is 0.316. The van der Waals surface area contributed by atoms with E-state index in [1.807, 2.05) is 0 Å². The Morgan fingerprint density at radius 3 is 2.27 bits per heavy atom. The first-order valence-corrected chi connectivity index (χ1v) is 8.13. The van der Waals surface area contributed by atoms with E-state index in [1.54, 1.807) is 30.3 Å². The molecular weight excluding hydrogens is 339 g/mol. The van der Waals surface area contributed by atoms with Gasteiger partial charge in [0.05, 0.1) is 21.3 Å². The van der Waals surface area contributed by atoms with Gasteiger partial charge in [-0.2, -0.15) is 0 Å². The summed E-state index contributed by atoms with van der Waals surface area (Å²) in [6.07, 6.45) is 0.241. The molecule has 0 fully saturated rings. The lowest BCUT2D eigenvalue weighted by Crippen LogP contribution is -2.22. The predicted octanol–water partition coefficient (Wildman–Crippen LogP) is 2.97. The molecule has 0 spiro atoms. The van der Waals surface area contributed by atoms with Gasteiger partial charge in [0.15, 0.2) is 11.5 Å². The second-order valence-electron chi connectivity index (χ2n) is 5.48. The van der Waals surface area contributed by atoms with Gasteiger partial charge in [-0.1, -0.05) is 18.2 Å². The average molecular weight is 362 g/mol. The lowest BCUT2D eigenvalue weighted by Gasteiger charge is -2.14. The second-order valence-corrected chi connectivity index (χ2v) is 5.48. The molecule has 2 N–H and O–H groups in total. The van der Waals surface area contributed by atoms with Gasteiger partial charge in [-0.05, 0) is 6.07 Å². The molecule has 0 atom stereocenters. The van der Waals surface area contributed by atoms with Crippen molar-refractivity contribution in [1.82, 2.24) is 5.32 Å². The van der Waals surface area contributed by atoms with Crippen LogP contribution in [-0.4, -0.2) is 33.8 Å². The molecule has 2 aromatic rings. The van der Waals surface area contributed by atoms with Crippen molar-refractivity contribution in [3.8, 4) is 17.2 Å². The van der Waals surface area contributed by atoms with E-state index >= 15 is 0 Å². The molecule has 6 nitrogen and oxygen atoms in total. The van der Waals surface area contributed by atoms with Crippen LogP contribution in [0.25, 0.3) is 0 Å². The zero-order valence-corrected chi connectivity index (χ0v) is 15.1. The zero-order chi connectivity index (χ0) is 18.9. The van der Waals surface area contributed by atoms with E-state index in [4.69, 9.17) is 14.2 Å². The molecule has 0 unspecified atom stereocenters. The van der Waals surface area contributed by atoms with E-state index in [9.17, 15) is 9.18 Å². The summed E-state index contributed by atoms with van der Waals surface area (Å²) in [7, 11) is 4.53. The van der Waals surface area contributed by atoms with Crippen LogP contribution in [0, 0.1) is 5.82 Å². The summed E-state index contributed by atoms with van der Waals surface area (Å²) in [6.45, 7) is 0.786. The fourth-order valence-electron chi connectivity index (χ4n) is 2.44. The van der Waals surface area contributed by atoms with Crippen LogP contribution >= 0.6 is 0 Å². The third-order valence-corrected chi connectivity index (χ3v) is 3.75. The van der Waals surface area contributed by atoms with Crippen molar-refractivity contribution in [3.05, 3.63) is 47.8 Å². The summed E-state index contributed by atoms with van der Waals surface area (Å²) in [6, 6.07) is 9.85. The first-order chi connectivity index (χ1) is 12.6. The van der Waals surface area contributed by atoms with Crippen LogP contribution in [0.15, 0.2) is 36.4 Å². The Kier molecular flexibility index (Phi) is 7.23. The van der Waals surface area contributed by atoms with Crippen LogP contribution in [0.4, 0.5) is 10.1 Å². The van der Waals surface area contributed by atoms with Crippen molar-refractivity contribution in [2.45, 2.75) is 13.0 Å². The van der Waals surface area contributed by atoms with Gasteiger partial charge < -0.3 is 24.8 Å². The highest BCUT2D eigenvalue weighted by Gasteiger charge is 2.14. The summed E-state index contributed by atoms with van der Waals surface area (Å²) in [5.41, 5.74) is 1.11. The summed E-state index contributed by atoms with van der Waals surface area (Å²) in [5, 5.41) is 5.84. The summed E-state index contributed by atoms with van der Waals surface area (Å²) >= 11 is 0. The molecule has 140 valence electrons. The van der Waals surface area contributed by atoms with E-state index in [0.29, 0.717) is 41.6 Å². The molecule has 2 rings (SSSR count). The molecule has 0 aliphatic carbocycles. The number of anilines is 1. The molecule has 0 saturated heterocycles. The summed E-state index contributed by atoms with van der Waals surface area (Å²) < 4.78 is 29.3. The molecular formula is C19H23FN2O4. The highest BCUT2D eigenvalue weighted by atomic mass is 19.1. The van der Waals surface area contributed by atoms with Gasteiger partial charge in [-0.15, -0.1) is 0 Å². The first-order valence-electron chi connectivity index (χ1n) is 8.13. The number of nitrogens with one attached hydrogen (secondary N) is 2. The van der Waals surface area contributed by atoms with E-state index < -0.39 is 0 Å². The minimum Gasteiger partial charge on any atom is -0.493 e. The summed E-state index contributed by atoms with van der Waals surface area (Å²) in [4.78, 5) is 12.1. The molecule has 2 aromatic carbocycles. The average Bonchev–Trinajstić information content (AvgIpc) is 2.65. The number of carbonyl (C=O) groups is 1. The SMILES string of the molecule is COc1cc(NC(=O)CCNCc2ccccc2F)cc(OC)c1OC. The van der Waals surface area contributed by atoms with Gasteiger partial charge in [0, 0.05) is 42.9 Å². The number of hydrogen-bond donors (Lipinski definition) is 2. The summed E-state index contributed by atoms with van der Waals surface area (Å²) in [5.74, 6) is 0.932. The number of benzene rings is 2. The van der Waals surface area contributed by atoms with Crippen LogP contribution in [-0.2, 0) is 11.3 Å². The largest absolute Gasteiger partial charge is 0.493 e. The lowest BCUT2D eigenvalue weighted by atomic mass is 10.2. The molecule has 0 bridgehead atoms. The van der Waals surface area contributed by atoms with Crippen LogP contribution in [0.2, 0.25) is 0 Å². The maximum Gasteiger partial charge on any atom is 0.225 e. The van der Waals surface area contributed by atoms with Crippen LogP contribution < -0.4 is 24.8 Å². The Bertz CT molecular complexity index is 727. The molecule has 0 radical (unpaired) electrons. The predicted molar refractivity (Wildman–Crippen MR) is 97.5 cm³/mol. The molecule has 0 aromatic heterocycles. The second kappa shape index (κ2) is 9.62. The van der Waals surface area contributed by atoms with Gasteiger partial charge in [-0.25, -0.2) is 4.39 Å². The molecule has 0 heterocycles. The van der Waals surface area contributed by atoms with Crippen molar-refractivity contribution in [1.29, 1.82) is 0 Å². The molecule has 0 aliphatic rings. The molecule has 1 amide bonds. The van der Waals surface area contributed by atoms with Gasteiger partial charge in [0.2, 0.25) is 11.7 Å². The lowest BCUT2D eigenvalue weighted by molar-refractivity contribution is -0.116. The first kappa shape index (κ1) is 19.5. The molecule has 7 heteroatoms. The Morgan fingerprint density at radius 2 is 1.69 bits per heavy atom. The van der Waals surface area contributed by atoms with Gasteiger partial charge in [-0.3, -0.25) is 4.79 Å². The monoisotopic (exact) mass is 362 g/mol. The van der Waals surface area contributed by atoms with E-state index in [1.165, 1.54) is 27.4 Å². The number of rotatable bonds is 9. The van der Waals surface area contributed by atoms with E-state index in [0.717, 1.165) is 0 Å². The highest BCUT2D eigenvalue weighted by Crippen LogP contribution is 2.39. The fourth-order valence-corrected chi connectivity index (χ4v) is 2.44. The Balaban J connectivity index is 1.88. The molecule has 0 aliphatic heterocycles. The number of halogens is 1. The quantitative estimate of drug-likeness (QED) is 0.671. The van der Waals surface area contributed by atoms with E-state index in [2.05, 4.69) is 10.6 Å². The highest BCUT2D eigenvalue weighted by molar-refractivity contribution is 5.91. The minimum absolute atomic E-state index is 0.180. The smallest absolute Gasteiger partial charge is 0.225 e. The standard InChI is InChI=1S/C19H23FN2O4/c1-24-16-10-14(11-17(25-2)19(16)26-3)22-18(23)8-9-21-12-13-6-4-5-7-15(13)20/h4-7,10-11,21H,8-9,12H2,1-3H3,(H,22,23). The van der Waals surface area contributed by atoms with Gasteiger partial charge >= 0.3 is 0 Å². The number of amides is 1. The van der Waals surface area contributed by atoms with Gasteiger partial charge in [0.1, 0.15) is 5.82 Å².